The molecule has 1 N–H and O–H groups in total. The number of ether oxygens (including phenoxy) is 2. The number of nitrogens with zero attached hydrogens (tertiary/aromatic N) is 1. The van der Waals surface area contributed by atoms with E-state index in [9.17, 15) is 9.90 Å². The maximum atomic E-state index is 13.1. The molecule has 5 heteroatoms. The quantitative estimate of drug-likeness (QED) is 0.686. The highest BCUT2D eigenvalue weighted by atomic mass is 16.7. The van der Waals surface area contributed by atoms with Crippen LogP contribution < -0.4 is 9.47 Å². The molecule has 3 aromatic carbocycles. The van der Waals surface area contributed by atoms with Gasteiger partial charge in [0.15, 0.2) is 17.3 Å². The first-order chi connectivity index (χ1) is 14.6. The van der Waals surface area contributed by atoms with Crippen molar-refractivity contribution in [2.45, 2.75) is 19.5 Å². The Labute approximate surface area is 174 Å². The van der Waals surface area contributed by atoms with Crippen molar-refractivity contribution in [3.05, 3.63) is 101 Å². The number of benzene rings is 3. The van der Waals surface area contributed by atoms with E-state index in [0.29, 0.717) is 23.6 Å². The Bertz CT molecular complexity index is 1140. The second-order valence-corrected chi connectivity index (χ2v) is 7.56. The molecule has 150 valence electrons. The fourth-order valence-corrected chi connectivity index (χ4v) is 4.06. The van der Waals surface area contributed by atoms with Crippen molar-refractivity contribution in [1.29, 1.82) is 0 Å². The normalized spacial score (nSPS) is 17.7. The van der Waals surface area contributed by atoms with Gasteiger partial charge in [0.1, 0.15) is 0 Å². The molecule has 2 aliphatic rings. The summed E-state index contributed by atoms with van der Waals surface area (Å²) in [7, 11) is 0. The maximum Gasteiger partial charge on any atom is 0.290 e. The van der Waals surface area contributed by atoms with Crippen molar-refractivity contribution in [3.8, 4) is 11.5 Å². The summed E-state index contributed by atoms with van der Waals surface area (Å²) in [6.45, 7) is 2.56. The summed E-state index contributed by atoms with van der Waals surface area (Å²) in [5.74, 6) is 0.796. The summed E-state index contributed by atoms with van der Waals surface area (Å²) >= 11 is 0. The van der Waals surface area contributed by atoms with E-state index in [1.807, 2.05) is 79.7 Å². The first-order valence-corrected chi connectivity index (χ1v) is 9.86. The second kappa shape index (κ2) is 7.26. The molecule has 0 aliphatic carbocycles. The van der Waals surface area contributed by atoms with Crippen LogP contribution in [0.25, 0.3) is 5.57 Å². The van der Waals surface area contributed by atoms with Crippen molar-refractivity contribution in [2.24, 2.45) is 0 Å². The Balaban J connectivity index is 1.56. The van der Waals surface area contributed by atoms with Gasteiger partial charge >= 0.3 is 0 Å². The predicted molar refractivity (Wildman–Crippen MR) is 113 cm³/mol. The number of aliphatic hydroxyl groups excluding tert-OH is 1. The van der Waals surface area contributed by atoms with E-state index in [-0.39, 0.29) is 24.5 Å². The Morgan fingerprint density at radius 1 is 0.967 bits per heavy atom. The van der Waals surface area contributed by atoms with Gasteiger partial charge in [-0.3, -0.25) is 4.79 Å². The molecule has 0 radical (unpaired) electrons. The Kier molecular flexibility index (Phi) is 4.43. The number of aliphatic hydroxyl groups is 1. The smallest absolute Gasteiger partial charge is 0.290 e. The standard InChI is InChI=1S/C25H21NO4/c1-16-7-10-18(11-8-16)22-23(19-5-3-2-4-6-19)26(25(28)24(22)27)14-17-9-12-20-21(13-17)30-15-29-20/h2-13,23,27H,14-15H2,1H3/t23-/m1/s1. The highest BCUT2D eigenvalue weighted by molar-refractivity contribution is 6.05. The first kappa shape index (κ1) is 18.3. The minimum Gasteiger partial charge on any atom is -0.503 e. The molecule has 2 heterocycles. The van der Waals surface area contributed by atoms with Crippen molar-refractivity contribution in [1.82, 2.24) is 4.90 Å². The molecule has 0 aromatic heterocycles. The molecular weight excluding hydrogens is 378 g/mol. The SMILES string of the molecule is Cc1ccc(C2=C(O)C(=O)N(Cc3ccc4c(c3)OCO4)[C@@H]2c2ccccc2)cc1. The predicted octanol–water partition coefficient (Wildman–Crippen LogP) is 4.78. The molecule has 30 heavy (non-hydrogen) atoms. The largest absolute Gasteiger partial charge is 0.503 e. The number of fused-ring (bicyclic) bond motifs is 1. The molecule has 0 spiro atoms. The molecule has 0 bridgehead atoms. The lowest BCUT2D eigenvalue weighted by Gasteiger charge is -2.27. The second-order valence-electron chi connectivity index (χ2n) is 7.56. The van der Waals surface area contributed by atoms with Crippen LogP contribution >= 0.6 is 0 Å². The highest BCUT2D eigenvalue weighted by Crippen LogP contribution is 2.44. The van der Waals surface area contributed by atoms with Crippen molar-refractivity contribution in [3.63, 3.8) is 0 Å². The number of amides is 1. The summed E-state index contributed by atoms with van der Waals surface area (Å²) in [6, 6.07) is 23.0. The number of rotatable bonds is 4. The van der Waals surface area contributed by atoms with Gasteiger partial charge in [0, 0.05) is 12.1 Å². The van der Waals surface area contributed by atoms with Crippen LogP contribution in [0.3, 0.4) is 0 Å². The van der Waals surface area contributed by atoms with Crippen LogP contribution in [0.1, 0.15) is 28.3 Å². The number of aryl methyl sites for hydroxylation is 1. The van der Waals surface area contributed by atoms with Crippen LogP contribution in [0.4, 0.5) is 0 Å². The molecule has 1 atom stereocenters. The molecule has 0 saturated heterocycles. The Morgan fingerprint density at radius 3 is 2.47 bits per heavy atom. The summed E-state index contributed by atoms with van der Waals surface area (Å²) in [5, 5.41) is 10.9. The third kappa shape index (κ3) is 3.08. The van der Waals surface area contributed by atoms with Gasteiger partial charge in [-0.1, -0.05) is 66.2 Å². The minimum absolute atomic E-state index is 0.201. The Hall–Kier alpha value is -3.73. The fourth-order valence-electron chi connectivity index (χ4n) is 4.06. The number of hydrogen-bond donors (Lipinski definition) is 1. The average molecular weight is 399 g/mol. The zero-order valence-corrected chi connectivity index (χ0v) is 16.5. The molecule has 2 aliphatic heterocycles. The van der Waals surface area contributed by atoms with Crippen LogP contribution in [0.5, 0.6) is 11.5 Å². The fraction of sp³-hybridized carbons (Fsp3) is 0.160. The van der Waals surface area contributed by atoms with E-state index in [1.165, 1.54) is 0 Å². The molecule has 5 rings (SSSR count). The summed E-state index contributed by atoms with van der Waals surface area (Å²) in [6.07, 6.45) is 0. The number of carbonyl (C=O) groups excluding carboxylic acids is 1. The first-order valence-electron chi connectivity index (χ1n) is 9.86. The average Bonchev–Trinajstić information content (AvgIpc) is 3.33. The minimum atomic E-state index is -0.383. The van der Waals surface area contributed by atoms with Gasteiger partial charge in [0.2, 0.25) is 6.79 Å². The third-order valence-electron chi connectivity index (χ3n) is 5.57. The van der Waals surface area contributed by atoms with Gasteiger partial charge in [-0.05, 0) is 35.7 Å². The topological polar surface area (TPSA) is 59.0 Å². The monoisotopic (exact) mass is 399 g/mol. The highest BCUT2D eigenvalue weighted by Gasteiger charge is 2.41. The van der Waals surface area contributed by atoms with Gasteiger partial charge < -0.3 is 19.5 Å². The van der Waals surface area contributed by atoms with E-state index in [1.54, 1.807) is 4.90 Å². The lowest BCUT2D eigenvalue weighted by Crippen LogP contribution is -2.29. The van der Waals surface area contributed by atoms with Crippen LogP contribution in [0.15, 0.2) is 78.6 Å². The van der Waals surface area contributed by atoms with Crippen LogP contribution in [-0.4, -0.2) is 22.7 Å². The molecule has 5 nitrogen and oxygen atoms in total. The van der Waals surface area contributed by atoms with E-state index in [2.05, 4.69) is 0 Å². The zero-order valence-electron chi connectivity index (χ0n) is 16.5. The van der Waals surface area contributed by atoms with E-state index < -0.39 is 0 Å². The lowest BCUT2D eigenvalue weighted by atomic mass is 9.93. The number of hydrogen-bond acceptors (Lipinski definition) is 4. The maximum absolute atomic E-state index is 13.1. The van der Waals surface area contributed by atoms with Crippen LogP contribution in [-0.2, 0) is 11.3 Å². The van der Waals surface area contributed by atoms with E-state index in [0.717, 1.165) is 22.3 Å². The summed E-state index contributed by atoms with van der Waals surface area (Å²) in [5.41, 5.74) is 4.45. The summed E-state index contributed by atoms with van der Waals surface area (Å²) < 4.78 is 10.9. The lowest BCUT2D eigenvalue weighted by molar-refractivity contribution is -0.130. The van der Waals surface area contributed by atoms with Crippen molar-refractivity contribution < 1.29 is 19.4 Å². The number of carbonyl (C=O) groups is 1. The molecule has 0 saturated carbocycles. The Morgan fingerprint density at radius 2 is 1.70 bits per heavy atom. The van der Waals surface area contributed by atoms with Crippen LogP contribution in [0.2, 0.25) is 0 Å². The van der Waals surface area contributed by atoms with Gasteiger partial charge in [-0.15, -0.1) is 0 Å². The van der Waals surface area contributed by atoms with E-state index in [4.69, 9.17) is 9.47 Å². The van der Waals surface area contributed by atoms with Gasteiger partial charge in [0.05, 0.1) is 6.04 Å². The summed E-state index contributed by atoms with van der Waals surface area (Å²) in [4.78, 5) is 14.8. The van der Waals surface area contributed by atoms with Gasteiger partial charge in [0.25, 0.3) is 5.91 Å². The molecular formula is C25H21NO4. The van der Waals surface area contributed by atoms with Crippen molar-refractivity contribution >= 4 is 11.5 Å². The van der Waals surface area contributed by atoms with E-state index >= 15 is 0 Å². The van der Waals surface area contributed by atoms with Crippen molar-refractivity contribution in [2.75, 3.05) is 6.79 Å². The van der Waals surface area contributed by atoms with Gasteiger partial charge in [-0.25, -0.2) is 0 Å². The molecule has 3 aromatic rings. The third-order valence-corrected chi connectivity index (χ3v) is 5.57. The van der Waals surface area contributed by atoms with Crippen LogP contribution in [0, 0.1) is 6.92 Å². The molecule has 0 fully saturated rings. The zero-order chi connectivity index (χ0) is 20.7. The van der Waals surface area contributed by atoms with Gasteiger partial charge in [-0.2, -0.15) is 0 Å². The molecule has 1 amide bonds. The molecule has 0 unspecified atom stereocenters.